The van der Waals surface area contributed by atoms with Gasteiger partial charge in [-0.2, -0.15) is 0 Å². The van der Waals surface area contributed by atoms with Gasteiger partial charge in [-0.3, -0.25) is 4.79 Å². The highest BCUT2D eigenvalue weighted by Gasteiger charge is 2.62. The molecule has 4 aliphatic rings. The molecular formula is C27H44O2. The van der Waals surface area contributed by atoms with Gasteiger partial charge in [0.25, 0.3) is 0 Å². The van der Waals surface area contributed by atoms with Crippen LogP contribution in [-0.4, -0.2) is 17.0 Å². The van der Waals surface area contributed by atoms with Gasteiger partial charge in [-0.1, -0.05) is 40.2 Å². The van der Waals surface area contributed by atoms with E-state index in [1.165, 1.54) is 51.4 Å². The lowest BCUT2D eigenvalue weighted by Crippen LogP contribution is -2.57. The van der Waals surface area contributed by atoms with Gasteiger partial charge >= 0.3 is 0 Å². The SMILES string of the molecule is C=C(C)C(=O)CC[C@@H](C)[C@H]1CC[C@H]2[C@@H]3[C@@H](O)CC4CCCC[C@]4(C)[C@H]3CC[C@]12C. The highest BCUT2D eigenvalue weighted by atomic mass is 16.3. The summed E-state index contributed by atoms with van der Waals surface area (Å²) < 4.78 is 0. The maximum absolute atomic E-state index is 12.1. The van der Waals surface area contributed by atoms with Crippen molar-refractivity contribution >= 4 is 5.78 Å². The van der Waals surface area contributed by atoms with Crippen LogP contribution in [0.1, 0.15) is 98.3 Å². The van der Waals surface area contributed by atoms with Crippen LogP contribution in [0.25, 0.3) is 0 Å². The highest BCUT2D eigenvalue weighted by molar-refractivity contribution is 5.94. The van der Waals surface area contributed by atoms with Crippen LogP contribution in [0.4, 0.5) is 0 Å². The van der Waals surface area contributed by atoms with Gasteiger partial charge in [0.1, 0.15) is 0 Å². The molecule has 0 aromatic heterocycles. The van der Waals surface area contributed by atoms with Crippen LogP contribution in [0.15, 0.2) is 12.2 Å². The molecule has 2 nitrogen and oxygen atoms in total. The monoisotopic (exact) mass is 400 g/mol. The second kappa shape index (κ2) is 7.81. The average molecular weight is 401 g/mol. The molecule has 4 rings (SSSR count). The highest BCUT2D eigenvalue weighted by Crippen LogP contribution is 2.68. The summed E-state index contributed by atoms with van der Waals surface area (Å²) in [7, 11) is 0. The molecule has 4 aliphatic carbocycles. The Morgan fingerprint density at radius 3 is 2.52 bits per heavy atom. The molecule has 0 heterocycles. The van der Waals surface area contributed by atoms with Crippen LogP contribution in [0.3, 0.4) is 0 Å². The summed E-state index contributed by atoms with van der Waals surface area (Å²) in [4.78, 5) is 12.1. The van der Waals surface area contributed by atoms with Crippen LogP contribution in [0.5, 0.6) is 0 Å². The Morgan fingerprint density at radius 2 is 1.79 bits per heavy atom. The van der Waals surface area contributed by atoms with E-state index in [0.29, 0.717) is 46.5 Å². The lowest BCUT2D eigenvalue weighted by atomic mass is 9.44. The van der Waals surface area contributed by atoms with Crippen LogP contribution >= 0.6 is 0 Å². The molecule has 0 amide bonds. The van der Waals surface area contributed by atoms with Crippen molar-refractivity contribution in [1.29, 1.82) is 0 Å². The number of fused-ring (bicyclic) bond motifs is 5. The van der Waals surface area contributed by atoms with Crippen LogP contribution in [0.2, 0.25) is 0 Å². The summed E-state index contributed by atoms with van der Waals surface area (Å²) in [6.07, 6.45) is 13.3. The molecule has 29 heavy (non-hydrogen) atoms. The Bertz CT molecular complexity index is 653. The molecule has 0 bridgehead atoms. The molecule has 0 saturated heterocycles. The quantitative estimate of drug-likeness (QED) is 0.530. The Balaban J connectivity index is 1.51. The topological polar surface area (TPSA) is 37.3 Å². The van der Waals surface area contributed by atoms with Gasteiger partial charge in [0, 0.05) is 6.42 Å². The largest absolute Gasteiger partial charge is 0.393 e. The van der Waals surface area contributed by atoms with E-state index in [1.54, 1.807) is 0 Å². The molecule has 1 unspecified atom stereocenters. The van der Waals surface area contributed by atoms with E-state index in [4.69, 9.17) is 0 Å². The van der Waals surface area contributed by atoms with E-state index in [1.807, 2.05) is 6.92 Å². The van der Waals surface area contributed by atoms with Crippen molar-refractivity contribution in [2.75, 3.05) is 0 Å². The number of Topliss-reactive ketones (excluding diaryl/α,β-unsaturated/α-hetero) is 1. The van der Waals surface area contributed by atoms with Crippen LogP contribution < -0.4 is 0 Å². The molecular weight excluding hydrogens is 356 g/mol. The molecule has 4 fully saturated rings. The standard InChI is InChI=1S/C27H44O2/c1-17(2)23(28)12-9-18(3)20-10-11-21-25-22(13-15-27(20,21)5)26(4)14-7-6-8-19(26)16-24(25)29/h18-22,24-25,29H,1,6-16H2,2-5H3/t18-,19?,20-,21+,22+,24+,25+,26+,27-/m1/s1. The fourth-order valence-electron chi connectivity index (χ4n) is 9.00. The Morgan fingerprint density at radius 1 is 1.07 bits per heavy atom. The van der Waals surface area contributed by atoms with Gasteiger partial charge in [0.05, 0.1) is 6.10 Å². The number of aliphatic hydroxyl groups excluding tert-OH is 1. The van der Waals surface area contributed by atoms with Crippen molar-refractivity contribution in [3.63, 3.8) is 0 Å². The zero-order valence-corrected chi connectivity index (χ0v) is 19.4. The zero-order valence-electron chi connectivity index (χ0n) is 19.4. The van der Waals surface area contributed by atoms with E-state index >= 15 is 0 Å². The van der Waals surface area contributed by atoms with E-state index in [2.05, 4.69) is 27.4 Å². The number of carbonyl (C=O) groups excluding carboxylic acids is 1. The van der Waals surface area contributed by atoms with Crippen molar-refractivity contribution in [3.8, 4) is 0 Å². The first-order chi connectivity index (χ1) is 13.7. The summed E-state index contributed by atoms with van der Waals surface area (Å²) in [5.41, 5.74) is 1.53. The Labute approximate surface area is 178 Å². The number of allylic oxidation sites excluding steroid dienone is 1. The van der Waals surface area contributed by atoms with Gasteiger partial charge in [0.15, 0.2) is 5.78 Å². The van der Waals surface area contributed by atoms with E-state index in [-0.39, 0.29) is 11.9 Å². The third kappa shape index (κ3) is 3.46. The number of aliphatic hydroxyl groups is 1. The van der Waals surface area contributed by atoms with Crippen molar-refractivity contribution in [1.82, 2.24) is 0 Å². The average Bonchev–Trinajstić information content (AvgIpc) is 3.03. The molecule has 0 aliphatic heterocycles. The van der Waals surface area contributed by atoms with Gasteiger partial charge < -0.3 is 5.11 Å². The van der Waals surface area contributed by atoms with Crippen LogP contribution in [0, 0.1) is 46.3 Å². The maximum atomic E-state index is 12.1. The molecule has 2 heteroatoms. The van der Waals surface area contributed by atoms with Crippen molar-refractivity contribution in [3.05, 3.63) is 12.2 Å². The lowest BCUT2D eigenvalue weighted by molar-refractivity contribution is -0.164. The predicted molar refractivity (Wildman–Crippen MR) is 119 cm³/mol. The first kappa shape index (κ1) is 21.6. The normalized spacial score (nSPS) is 47.6. The third-order valence-corrected chi connectivity index (χ3v) is 10.7. The number of ketones is 1. The number of hydrogen-bond acceptors (Lipinski definition) is 2. The smallest absolute Gasteiger partial charge is 0.157 e. The molecule has 0 aromatic carbocycles. The van der Waals surface area contributed by atoms with Gasteiger partial charge in [0.2, 0.25) is 0 Å². The fourth-order valence-corrected chi connectivity index (χ4v) is 9.00. The summed E-state index contributed by atoms with van der Waals surface area (Å²) in [5.74, 6) is 4.20. The summed E-state index contributed by atoms with van der Waals surface area (Å²) in [6.45, 7) is 13.2. The number of hydrogen-bond donors (Lipinski definition) is 1. The second-order valence-corrected chi connectivity index (χ2v) is 12.0. The predicted octanol–water partition coefficient (Wildman–Crippen LogP) is 6.57. The zero-order chi connectivity index (χ0) is 21.0. The third-order valence-electron chi connectivity index (χ3n) is 10.7. The van der Waals surface area contributed by atoms with E-state index in [0.717, 1.165) is 24.7 Å². The van der Waals surface area contributed by atoms with Crippen molar-refractivity contribution < 1.29 is 9.90 Å². The minimum absolute atomic E-state index is 0.0835. The van der Waals surface area contributed by atoms with Gasteiger partial charge in [-0.05, 0) is 110 Å². The molecule has 0 spiro atoms. The number of rotatable bonds is 5. The molecule has 164 valence electrons. The first-order valence-electron chi connectivity index (χ1n) is 12.5. The molecule has 1 N–H and O–H groups in total. The minimum Gasteiger partial charge on any atom is -0.393 e. The molecule has 0 radical (unpaired) electrons. The molecule has 0 aromatic rings. The maximum Gasteiger partial charge on any atom is 0.157 e. The van der Waals surface area contributed by atoms with Gasteiger partial charge in [-0.15, -0.1) is 0 Å². The first-order valence-corrected chi connectivity index (χ1v) is 12.5. The summed E-state index contributed by atoms with van der Waals surface area (Å²) in [5, 5.41) is 11.3. The second-order valence-electron chi connectivity index (χ2n) is 12.0. The number of carbonyl (C=O) groups is 1. The fraction of sp³-hybridized carbons (Fsp3) is 0.889. The van der Waals surface area contributed by atoms with Crippen molar-refractivity contribution in [2.45, 2.75) is 104 Å². The van der Waals surface area contributed by atoms with E-state index < -0.39 is 0 Å². The van der Waals surface area contributed by atoms with Crippen molar-refractivity contribution in [2.24, 2.45) is 46.3 Å². The van der Waals surface area contributed by atoms with E-state index in [9.17, 15) is 9.90 Å². The Kier molecular flexibility index (Phi) is 5.82. The summed E-state index contributed by atoms with van der Waals surface area (Å²) >= 11 is 0. The minimum atomic E-state index is -0.0835. The lowest BCUT2D eigenvalue weighted by Gasteiger charge is -2.62. The molecule has 4 saturated carbocycles. The summed E-state index contributed by atoms with van der Waals surface area (Å²) in [6, 6.07) is 0. The Hall–Kier alpha value is -0.630. The van der Waals surface area contributed by atoms with Gasteiger partial charge in [-0.25, -0.2) is 0 Å². The molecule has 9 atom stereocenters. The van der Waals surface area contributed by atoms with Crippen LogP contribution in [-0.2, 0) is 4.79 Å².